The fraction of sp³-hybridized carbons (Fsp3) is 0.692. The van der Waals surface area contributed by atoms with Crippen molar-refractivity contribution in [3.05, 3.63) is 6.33 Å². The molecular formula is C13H23N5. The minimum absolute atomic E-state index is 0.520. The van der Waals surface area contributed by atoms with Crippen LogP contribution in [0.1, 0.15) is 39.5 Å². The van der Waals surface area contributed by atoms with Crippen LogP contribution in [0.5, 0.6) is 0 Å². The number of aromatic nitrogens is 2. The molecule has 1 heterocycles. The summed E-state index contributed by atoms with van der Waals surface area (Å²) in [6, 6.07) is 0.520. The van der Waals surface area contributed by atoms with Crippen molar-refractivity contribution in [2.24, 2.45) is 0 Å². The molecule has 0 atom stereocenters. The summed E-state index contributed by atoms with van der Waals surface area (Å²) in [5.74, 6) is 1.63. The molecule has 0 spiro atoms. The highest BCUT2D eigenvalue weighted by Crippen LogP contribution is 2.29. The maximum absolute atomic E-state index is 6.18. The van der Waals surface area contributed by atoms with Crippen molar-refractivity contribution in [2.75, 3.05) is 29.0 Å². The van der Waals surface area contributed by atoms with E-state index in [4.69, 9.17) is 5.73 Å². The fourth-order valence-corrected chi connectivity index (χ4v) is 2.54. The van der Waals surface area contributed by atoms with Gasteiger partial charge in [0.15, 0.2) is 11.6 Å². The van der Waals surface area contributed by atoms with E-state index in [2.05, 4.69) is 34.0 Å². The van der Waals surface area contributed by atoms with Crippen molar-refractivity contribution >= 4 is 17.3 Å². The maximum Gasteiger partial charge on any atom is 0.157 e. The molecule has 1 aromatic heterocycles. The number of anilines is 3. The first-order valence-electron chi connectivity index (χ1n) is 6.88. The van der Waals surface area contributed by atoms with Crippen LogP contribution in [0, 0.1) is 0 Å². The zero-order chi connectivity index (χ0) is 13.0. The standard InChI is InChI=1S/C13H23N5/c1-3-18(4-2)13-11(14)12(15-9-16-13)17-10-7-5-6-8-10/h9-10H,3-8,14H2,1-2H3,(H,15,16,17). The van der Waals surface area contributed by atoms with Crippen LogP contribution < -0.4 is 16.0 Å². The molecule has 1 aliphatic rings. The molecule has 0 aliphatic heterocycles. The van der Waals surface area contributed by atoms with Crippen molar-refractivity contribution in [1.82, 2.24) is 9.97 Å². The van der Waals surface area contributed by atoms with Crippen molar-refractivity contribution in [1.29, 1.82) is 0 Å². The first-order valence-corrected chi connectivity index (χ1v) is 6.88. The average molecular weight is 249 g/mol. The van der Waals surface area contributed by atoms with Crippen LogP contribution in [-0.4, -0.2) is 29.1 Å². The molecule has 0 saturated heterocycles. The van der Waals surface area contributed by atoms with Crippen LogP contribution in [0.25, 0.3) is 0 Å². The van der Waals surface area contributed by atoms with E-state index in [0.717, 1.165) is 24.7 Å². The third-order valence-electron chi connectivity index (χ3n) is 3.62. The molecule has 3 N–H and O–H groups in total. The molecule has 1 aromatic rings. The van der Waals surface area contributed by atoms with Gasteiger partial charge in [-0.25, -0.2) is 9.97 Å². The Balaban J connectivity index is 2.17. The van der Waals surface area contributed by atoms with E-state index in [-0.39, 0.29) is 0 Å². The lowest BCUT2D eigenvalue weighted by Crippen LogP contribution is -2.25. The van der Waals surface area contributed by atoms with Gasteiger partial charge in [0.2, 0.25) is 0 Å². The monoisotopic (exact) mass is 249 g/mol. The van der Waals surface area contributed by atoms with Gasteiger partial charge in [0.05, 0.1) is 0 Å². The average Bonchev–Trinajstić information content (AvgIpc) is 2.88. The predicted octanol–water partition coefficient (Wildman–Crippen LogP) is 2.26. The number of nitrogens with one attached hydrogen (secondary N) is 1. The summed E-state index contributed by atoms with van der Waals surface area (Å²) in [5.41, 5.74) is 6.86. The fourth-order valence-electron chi connectivity index (χ4n) is 2.54. The summed E-state index contributed by atoms with van der Waals surface area (Å²) >= 11 is 0. The quantitative estimate of drug-likeness (QED) is 0.838. The lowest BCUT2D eigenvalue weighted by molar-refractivity contribution is 0.749. The summed E-state index contributed by atoms with van der Waals surface area (Å²) in [6.45, 7) is 6.02. The van der Waals surface area contributed by atoms with Gasteiger partial charge >= 0.3 is 0 Å². The van der Waals surface area contributed by atoms with Gasteiger partial charge in [-0.2, -0.15) is 0 Å². The Kier molecular flexibility index (Phi) is 4.23. The second-order valence-corrected chi connectivity index (χ2v) is 4.76. The zero-order valence-electron chi connectivity index (χ0n) is 11.3. The van der Waals surface area contributed by atoms with Gasteiger partial charge < -0.3 is 16.0 Å². The second kappa shape index (κ2) is 5.89. The molecule has 0 radical (unpaired) electrons. The molecule has 1 fully saturated rings. The smallest absolute Gasteiger partial charge is 0.157 e. The Morgan fingerprint density at radius 3 is 2.56 bits per heavy atom. The Morgan fingerprint density at radius 1 is 1.28 bits per heavy atom. The molecule has 2 rings (SSSR count). The predicted molar refractivity (Wildman–Crippen MR) is 75.9 cm³/mol. The third kappa shape index (κ3) is 2.66. The molecule has 0 unspecified atom stereocenters. The number of nitrogens with zero attached hydrogens (tertiary/aromatic N) is 3. The molecule has 0 bridgehead atoms. The molecule has 0 aromatic carbocycles. The largest absolute Gasteiger partial charge is 0.393 e. The summed E-state index contributed by atoms with van der Waals surface area (Å²) in [5, 5.41) is 3.45. The van der Waals surface area contributed by atoms with E-state index in [1.165, 1.54) is 25.7 Å². The van der Waals surface area contributed by atoms with Gasteiger partial charge in [-0.1, -0.05) is 12.8 Å². The molecule has 1 aliphatic carbocycles. The number of nitrogens with two attached hydrogens (primary N) is 1. The van der Waals surface area contributed by atoms with Gasteiger partial charge in [-0.15, -0.1) is 0 Å². The molecular weight excluding hydrogens is 226 g/mol. The molecule has 18 heavy (non-hydrogen) atoms. The van der Waals surface area contributed by atoms with Crippen LogP contribution in [0.2, 0.25) is 0 Å². The molecule has 100 valence electrons. The third-order valence-corrected chi connectivity index (χ3v) is 3.62. The van der Waals surface area contributed by atoms with Gasteiger partial charge in [-0.3, -0.25) is 0 Å². The van der Waals surface area contributed by atoms with Crippen molar-refractivity contribution in [3.8, 4) is 0 Å². The van der Waals surface area contributed by atoms with Gasteiger partial charge in [0.25, 0.3) is 0 Å². The topological polar surface area (TPSA) is 67.1 Å². The highest BCUT2D eigenvalue weighted by Gasteiger charge is 2.18. The number of hydrogen-bond donors (Lipinski definition) is 2. The Bertz CT molecular complexity index is 383. The number of rotatable bonds is 5. The maximum atomic E-state index is 6.18. The van der Waals surface area contributed by atoms with E-state index in [1.54, 1.807) is 6.33 Å². The van der Waals surface area contributed by atoms with Crippen LogP contribution >= 0.6 is 0 Å². The lowest BCUT2D eigenvalue weighted by Gasteiger charge is -2.23. The summed E-state index contributed by atoms with van der Waals surface area (Å²) in [4.78, 5) is 10.7. The lowest BCUT2D eigenvalue weighted by atomic mass is 10.2. The number of nitrogen functional groups attached to an aromatic ring is 1. The van der Waals surface area contributed by atoms with E-state index < -0.39 is 0 Å². The van der Waals surface area contributed by atoms with Gasteiger partial charge in [0, 0.05) is 19.1 Å². The van der Waals surface area contributed by atoms with Gasteiger partial charge in [0.1, 0.15) is 12.0 Å². The number of hydrogen-bond acceptors (Lipinski definition) is 5. The Hall–Kier alpha value is -1.52. The van der Waals surface area contributed by atoms with E-state index >= 15 is 0 Å². The van der Waals surface area contributed by atoms with Gasteiger partial charge in [-0.05, 0) is 26.7 Å². The highest BCUT2D eigenvalue weighted by molar-refractivity contribution is 5.75. The molecule has 1 saturated carbocycles. The first kappa shape index (κ1) is 12.9. The molecule has 5 heteroatoms. The Morgan fingerprint density at radius 2 is 1.94 bits per heavy atom. The Labute approximate surface area is 109 Å². The van der Waals surface area contributed by atoms with Crippen LogP contribution in [-0.2, 0) is 0 Å². The summed E-state index contributed by atoms with van der Waals surface area (Å²) in [6.07, 6.45) is 6.62. The molecule has 5 nitrogen and oxygen atoms in total. The minimum atomic E-state index is 0.520. The van der Waals surface area contributed by atoms with Crippen LogP contribution in [0.15, 0.2) is 6.33 Å². The SMILES string of the molecule is CCN(CC)c1ncnc(NC2CCCC2)c1N. The zero-order valence-corrected chi connectivity index (χ0v) is 11.3. The second-order valence-electron chi connectivity index (χ2n) is 4.76. The normalized spacial score (nSPS) is 15.9. The van der Waals surface area contributed by atoms with E-state index in [0.29, 0.717) is 11.7 Å². The minimum Gasteiger partial charge on any atom is -0.393 e. The van der Waals surface area contributed by atoms with Crippen molar-refractivity contribution in [3.63, 3.8) is 0 Å². The summed E-state index contributed by atoms with van der Waals surface area (Å²) < 4.78 is 0. The van der Waals surface area contributed by atoms with Crippen LogP contribution in [0.3, 0.4) is 0 Å². The van der Waals surface area contributed by atoms with E-state index in [1.807, 2.05) is 0 Å². The summed E-state index contributed by atoms with van der Waals surface area (Å²) in [7, 11) is 0. The van der Waals surface area contributed by atoms with E-state index in [9.17, 15) is 0 Å². The van der Waals surface area contributed by atoms with Crippen LogP contribution in [0.4, 0.5) is 17.3 Å². The van der Waals surface area contributed by atoms with Crippen molar-refractivity contribution in [2.45, 2.75) is 45.6 Å². The first-order chi connectivity index (χ1) is 8.76. The molecule has 0 amide bonds. The van der Waals surface area contributed by atoms with Crippen molar-refractivity contribution < 1.29 is 0 Å². The highest BCUT2D eigenvalue weighted by atomic mass is 15.2.